The number of rotatable bonds is 6. The first-order valence-electron chi connectivity index (χ1n) is 9.57. The molecule has 1 heterocycles. The van der Waals surface area contributed by atoms with Gasteiger partial charge in [-0.3, -0.25) is 9.69 Å². The topological polar surface area (TPSA) is 60.9 Å². The zero-order valence-electron chi connectivity index (χ0n) is 16.7. The molecule has 1 amide bonds. The quantitative estimate of drug-likeness (QED) is 0.720. The van der Waals surface area contributed by atoms with Crippen LogP contribution in [0.15, 0.2) is 59.5 Å². The minimum atomic E-state index is -3.52. The van der Waals surface area contributed by atoms with Crippen molar-refractivity contribution in [3.05, 3.63) is 66.0 Å². The summed E-state index contributed by atoms with van der Waals surface area (Å²) < 4.78 is 40.3. The maximum absolute atomic E-state index is 13.4. The molecule has 2 aromatic rings. The monoisotopic (exact) mass is 419 g/mol. The Morgan fingerprint density at radius 2 is 1.72 bits per heavy atom. The molecular weight excluding hydrogens is 393 g/mol. The lowest BCUT2D eigenvalue weighted by atomic mass is 10.1. The van der Waals surface area contributed by atoms with Gasteiger partial charge >= 0.3 is 0 Å². The highest BCUT2D eigenvalue weighted by Crippen LogP contribution is 2.18. The van der Waals surface area contributed by atoms with E-state index in [-0.39, 0.29) is 22.7 Å². The predicted octanol–water partition coefficient (Wildman–Crippen LogP) is 2.18. The van der Waals surface area contributed by atoms with Crippen LogP contribution in [0.5, 0.6) is 0 Å². The number of nitrogens with zero attached hydrogens (tertiary/aromatic N) is 3. The van der Waals surface area contributed by atoms with E-state index in [0.717, 1.165) is 5.56 Å². The smallest absolute Gasteiger partial charge is 0.243 e. The van der Waals surface area contributed by atoms with E-state index in [1.165, 1.54) is 16.4 Å². The summed E-state index contributed by atoms with van der Waals surface area (Å²) in [4.78, 5) is 16.6. The average molecular weight is 420 g/mol. The molecule has 0 radical (unpaired) electrons. The van der Waals surface area contributed by atoms with Gasteiger partial charge in [0.15, 0.2) is 0 Å². The first kappa shape index (κ1) is 21.4. The highest BCUT2D eigenvalue weighted by molar-refractivity contribution is 7.89. The zero-order valence-corrected chi connectivity index (χ0v) is 17.5. The van der Waals surface area contributed by atoms with Crippen molar-refractivity contribution in [2.45, 2.75) is 24.4 Å². The molecule has 1 saturated heterocycles. The van der Waals surface area contributed by atoms with Gasteiger partial charge in [0.25, 0.3) is 0 Å². The summed E-state index contributed by atoms with van der Waals surface area (Å²) in [6.45, 7) is 3.78. The molecule has 0 spiro atoms. The fraction of sp³-hybridized carbons (Fsp3) is 0.381. The first-order chi connectivity index (χ1) is 13.8. The van der Waals surface area contributed by atoms with Gasteiger partial charge in [-0.05, 0) is 36.8 Å². The van der Waals surface area contributed by atoms with Gasteiger partial charge in [0, 0.05) is 39.8 Å². The highest BCUT2D eigenvalue weighted by Gasteiger charge is 2.32. The Kier molecular flexibility index (Phi) is 6.66. The highest BCUT2D eigenvalue weighted by atomic mass is 32.2. The summed E-state index contributed by atoms with van der Waals surface area (Å²) in [6, 6.07) is 14.2. The van der Waals surface area contributed by atoms with Crippen LogP contribution in [0.2, 0.25) is 0 Å². The Bertz CT molecular complexity index is 945. The molecule has 2 aromatic carbocycles. The molecule has 6 nitrogen and oxygen atoms in total. The van der Waals surface area contributed by atoms with Crippen LogP contribution in [0.3, 0.4) is 0 Å². The number of halogens is 1. The molecule has 0 aromatic heterocycles. The van der Waals surface area contributed by atoms with E-state index in [4.69, 9.17) is 0 Å². The minimum absolute atomic E-state index is 0.0753. The summed E-state index contributed by atoms with van der Waals surface area (Å²) in [5.41, 5.74) is 0.729. The van der Waals surface area contributed by atoms with E-state index >= 15 is 0 Å². The standard InChI is InChI=1S/C21H26FN3O3S/c1-17(21(26)23(2)16-18-7-6-8-19(22)15-18)24-11-13-25(14-12-24)29(27,28)20-9-4-3-5-10-20/h3-10,15,17H,11-14,16H2,1-2H3/t17-/m0/s1. The lowest BCUT2D eigenvalue weighted by Crippen LogP contribution is -2.54. The van der Waals surface area contributed by atoms with Crippen LogP contribution >= 0.6 is 0 Å². The van der Waals surface area contributed by atoms with Crippen LogP contribution in [-0.2, 0) is 21.4 Å². The predicted molar refractivity (Wildman–Crippen MR) is 109 cm³/mol. The van der Waals surface area contributed by atoms with Crippen molar-refractivity contribution in [3.63, 3.8) is 0 Å². The molecule has 8 heteroatoms. The van der Waals surface area contributed by atoms with Crippen molar-refractivity contribution in [2.24, 2.45) is 0 Å². The third-order valence-corrected chi connectivity index (χ3v) is 7.16. The number of likely N-dealkylation sites (N-methyl/N-ethyl adjacent to an activating group) is 1. The molecule has 156 valence electrons. The van der Waals surface area contributed by atoms with Gasteiger partial charge in [-0.25, -0.2) is 12.8 Å². The molecule has 1 aliphatic rings. The normalized spacial score (nSPS) is 17.1. The Balaban J connectivity index is 1.58. The second-order valence-electron chi connectivity index (χ2n) is 7.25. The Morgan fingerprint density at radius 1 is 1.07 bits per heavy atom. The van der Waals surface area contributed by atoms with Crippen molar-refractivity contribution in [3.8, 4) is 0 Å². The first-order valence-corrected chi connectivity index (χ1v) is 11.0. The van der Waals surface area contributed by atoms with Gasteiger partial charge in [0.1, 0.15) is 5.82 Å². The van der Waals surface area contributed by atoms with Gasteiger partial charge < -0.3 is 4.90 Å². The maximum Gasteiger partial charge on any atom is 0.243 e. The Morgan fingerprint density at radius 3 is 2.34 bits per heavy atom. The van der Waals surface area contributed by atoms with Crippen molar-refractivity contribution in [1.82, 2.24) is 14.1 Å². The van der Waals surface area contributed by atoms with Crippen LogP contribution in [-0.4, -0.2) is 67.7 Å². The minimum Gasteiger partial charge on any atom is -0.340 e. The molecule has 1 aliphatic heterocycles. The fourth-order valence-electron chi connectivity index (χ4n) is 3.53. The van der Waals surface area contributed by atoms with Crippen molar-refractivity contribution in [2.75, 3.05) is 33.2 Å². The van der Waals surface area contributed by atoms with Crippen molar-refractivity contribution < 1.29 is 17.6 Å². The van der Waals surface area contributed by atoms with E-state index in [2.05, 4.69) is 0 Å². The number of amides is 1. The van der Waals surface area contributed by atoms with Crippen molar-refractivity contribution >= 4 is 15.9 Å². The van der Waals surface area contributed by atoms with E-state index < -0.39 is 10.0 Å². The summed E-state index contributed by atoms with van der Waals surface area (Å²) in [5.74, 6) is -0.402. The molecule has 0 bridgehead atoms. The molecule has 0 saturated carbocycles. The van der Waals surface area contributed by atoms with Gasteiger partial charge in [-0.1, -0.05) is 30.3 Å². The molecule has 3 rings (SSSR count). The third kappa shape index (κ3) is 5.01. The zero-order chi connectivity index (χ0) is 21.0. The summed E-state index contributed by atoms with van der Waals surface area (Å²) in [6.07, 6.45) is 0. The Hall–Kier alpha value is -2.29. The van der Waals surface area contributed by atoms with Crippen LogP contribution < -0.4 is 0 Å². The number of sulfonamides is 1. The number of benzene rings is 2. The SMILES string of the molecule is C[C@@H](C(=O)N(C)Cc1cccc(F)c1)N1CCN(S(=O)(=O)c2ccccc2)CC1. The Labute approximate surface area is 171 Å². The van der Waals surface area contributed by atoms with E-state index in [1.807, 2.05) is 11.8 Å². The summed E-state index contributed by atoms with van der Waals surface area (Å²) >= 11 is 0. The lowest BCUT2D eigenvalue weighted by molar-refractivity contribution is -0.136. The number of carbonyl (C=O) groups excluding carboxylic acids is 1. The maximum atomic E-state index is 13.4. The van der Waals surface area contributed by atoms with Gasteiger partial charge in [0.2, 0.25) is 15.9 Å². The van der Waals surface area contributed by atoms with E-state index in [0.29, 0.717) is 32.7 Å². The van der Waals surface area contributed by atoms with Gasteiger partial charge in [0.05, 0.1) is 10.9 Å². The van der Waals surface area contributed by atoms with E-state index in [1.54, 1.807) is 54.4 Å². The summed E-state index contributed by atoms with van der Waals surface area (Å²) in [5, 5.41) is 0. The fourth-order valence-corrected chi connectivity index (χ4v) is 4.98. The van der Waals surface area contributed by atoms with Gasteiger partial charge in [-0.2, -0.15) is 4.31 Å². The number of hydrogen-bond donors (Lipinski definition) is 0. The number of carbonyl (C=O) groups is 1. The third-order valence-electron chi connectivity index (χ3n) is 5.24. The number of piperazine rings is 1. The van der Waals surface area contributed by atoms with Crippen molar-refractivity contribution in [1.29, 1.82) is 0 Å². The number of hydrogen-bond acceptors (Lipinski definition) is 4. The molecule has 29 heavy (non-hydrogen) atoms. The van der Waals surface area contributed by atoms with Crippen LogP contribution in [0, 0.1) is 5.82 Å². The molecule has 0 aliphatic carbocycles. The molecular formula is C21H26FN3O3S. The summed E-state index contributed by atoms with van der Waals surface area (Å²) in [7, 11) is -1.82. The van der Waals surface area contributed by atoms with E-state index in [9.17, 15) is 17.6 Å². The van der Waals surface area contributed by atoms with Crippen LogP contribution in [0.25, 0.3) is 0 Å². The second kappa shape index (κ2) is 9.02. The average Bonchev–Trinajstić information content (AvgIpc) is 2.73. The second-order valence-corrected chi connectivity index (χ2v) is 9.19. The van der Waals surface area contributed by atoms with Crippen LogP contribution in [0.1, 0.15) is 12.5 Å². The lowest BCUT2D eigenvalue weighted by Gasteiger charge is -2.37. The van der Waals surface area contributed by atoms with Gasteiger partial charge in [-0.15, -0.1) is 0 Å². The largest absolute Gasteiger partial charge is 0.340 e. The molecule has 0 N–H and O–H groups in total. The molecule has 0 unspecified atom stereocenters. The molecule has 1 atom stereocenters. The molecule has 1 fully saturated rings. The van der Waals surface area contributed by atoms with Crippen LogP contribution in [0.4, 0.5) is 4.39 Å².